The van der Waals surface area contributed by atoms with Crippen LogP contribution in [0.2, 0.25) is 0 Å². The molecule has 2 N–H and O–H groups in total. The molecule has 0 amide bonds. The van der Waals surface area contributed by atoms with E-state index in [-0.39, 0.29) is 5.92 Å². The van der Waals surface area contributed by atoms with Gasteiger partial charge < -0.3 is 10.2 Å². The van der Waals surface area contributed by atoms with Gasteiger partial charge in [0.1, 0.15) is 5.75 Å². The van der Waals surface area contributed by atoms with E-state index in [0.29, 0.717) is 12.2 Å². The predicted molar refractivity (Wildman–Crippen MR) is 146 cm³/mol. The van der Waals surface area contributed by atoms with Crippen molar-refractivity contribution in [1.82, 2.24) is 0 Å². The van der Waals surface area contributed by atoms with E-state index >= 15 is 0 Å². The Kier molecular flexibility index (Phi) is 17.7. The van der Waals surface area contributed by atoms with Gasteiger partial charge in [0.25, 0.3) is 0 Å². The zero-order valence-electron chi connectivity index (χ0n) is 22.7. The average Bonchev–Trinajstić information content (AvgIpc) is 2.80. The van der Waals surface area contributed by atoms with E-state index < -0.39 is 5.97 Å². The topological polar surface area (TPSA) is 57.5 Å². The summed E-state index contributed by atoms with van der Waals surface area (Å²) in [5, 5.41) is 19.6. The van der Waals surface area contributed by atoms with Crippen LogP contribution in [0.15, 0.2) is 12.1 Å². The first kappa shape index (κ1) is 30.5. The highest BCUT2D eigenvalue weighted by Gasteiger charge is 2.18. The van der Waals surface area contributed by atoms with Crippen molar-refractivity contribution in [3.63, 3.8) is 0 Å². The average molecular weight is 475 g/mol. The van der Waals surface area contributed by atoms with E-state index in [1.165, 1.54) is 103 Å². The fraction of sp³-hybridized carbons (Fsp3) is 0.774. The number of hydrogen-bond acceptors (Lipinski definition) is 2. The summed E-state index contributed by atoms with van der Waals surface area (Å²) in [6.45, 7) is 6.03. The molecule has 0 aromatic heterocycles. The number of rotatable bonds is 22. The van der Waals surface area contributed by atoms with Crippen LogP contribution < -0.4 is 0 Å². The first-order chi connectivity index (χ1) is 16.5. The molecule has 0 bridgehead atoms. The van der Waals surface area contributed by atoms with Crippen LogP contribution >= 0.6 is 0 Å². The van der Waals surface area contributed by atoms with Crippen molar-refractivity contribution in [2.45, 2.75) is 149 Å². The number of benzene rings is 1. The first-order valence-corrected chi connectivity index (χ1v) is 14.5. The van der Waals surface area contributed by atoms with Crippen molar-refractivity contribution in [3.05, 3.63) is 28.8 Å². The molecular weight excluding hydrogens is 420 g/mol. The summed E-state index contributed by atoms with van der Waals surface area (Å²) in [5.74, 6) is -0.709. The minimum Gasteiger partial charge on any atom is -0.507 e. The number of carboxylic acid groups (broad SMARTS) is 1. The summed E-state index contributed by atoms with van der Waals surface area (Å²) in [4.78, 5) is 11.7. The van der Waals surface area contributed by atoms with E-state index in [4.69, 9.17) is 0 Å². The second kappa shape index (κ2) is 19.8. The van der Waals surface area contributed by atoms with Gasteiger partial charge in [-0.05, 0) is 43.4 Å². The Morgan fingerprint density at radius 2 is 1.03 bits per heavy atom. The van der Waals surface area contributed by atoms with Crippen LogP contribution in [0, 0.1) is 19.8 Å². The summed E-state index contributed by atoms with van der Waals surface area (Å²) in [7, 11) is 0. The second-order valence-corrected chi connectivity index (χ2v) is 10.6. The molecule has 0 saturated heterocycles. The van der Waals surface area contributed by atoms with Crippen LogP contribution in [-0.4, -0.2) is 16.2 Å². The Bertz CT molecular complexity index is 629. The lowest BCUT2D eigenvalue weighted by atomic mass is 9.92. The monoisotopic (exact) mass is 474 g/mol. The third kappa shape index (κ3) is 14.7. The van der Waals surface area contributed by atoms with Gasteiger partial charge in [-0.2, -0.15) is 0 Å². The van der Waals surface area contributed by atoms with E-state index in [2.05, 4.69) is 6.92 Å². The molecule has 0 spiro atoms. The van der Waals surface area contributed by atoms with Gasteiger partial charge in [0.15, 0.2) is 0 Å². The molecule has 0 aliphatic rings. The van der Waals surface area contributed by atoms with Gasteiger partial charge in [-0.15, -0.1) is 0 Å². The van der Waals surface area contributed by atoms with Crippen LogP contribution in [-0.2, 0) is 11.2 Å². The Hall–Kier alpha value is -1.51. The Balaban J connectivity index is 1.97. The van der Waals surface area contributed by atoms with Crippen LogP contribution in [0.3, 0.4) is 0 Å². The van der Waals surface area contributed by atoms with Gasteiger partial charge in [0, 0.05) is 0 Å². The SMILES string of the molecule is CCCCCCCCCCCCCCCCCCCCC(Cc1cc(C)c(O)c(C)c1)C(=O)O. The summed E-state index contributed by atoms with van der Waals surface area (Å²) >= 11 is 0. The van der Waals surface area contributed by atoms with Crippen molar-refractivity contribution in [2.75, 3.05) is 0 Å². The van der Waals surface area contributed by atoms with Gasteiger partial charge in [-0.25, -0.2) is 0 Å². The fourth-order valence-corrected chi connectivity index (χ4v) is 5.05. The number of unbranched alkanes of at least 4 members (excludes halogenated alkanes) is 17. The molecule has 0 radical (unpaired) electrons. The van der Waals surface area contributed by atoms with Crippen LogP contribution in [0.25, 0.3) is 0 Å². The Morgan fingerprint density at radius 3 is 1.38 bits per heavy atom. The zero-order chi connectivity index (χ0) is 25.0. The normalized spacial score (nSPS) is 12.2. The summed E-state index contributed by atoms with van der Waals surface area (Å²) < 4.78 is 0. The van der Waals surface area contributed by atoms with E-state index in [1.807, 2.05) is 26.0 Å². The van der Waals surface area contributed by atoms with Crippen molar-refractivity contribution in [3.8, 4) is 5.75 Å². The molecule has 0 saturated carbocycles. The number of carbonyl (C=O) groups is 1. The van der Waals surface area contributed by atoms with Crippen molar-refractivity contribution >= 4 is 5.97 Å². The molecule has 1 unspecified atom stereocenters. The second-order valence-electron chi connectivity index (χ2n) is 10.6. The van der Waals surface area contributed by atoms with Gasteiger partial charge in [-0.3, -0.25) is 4.79 Å². The van der Waals surface area contributed by atoms with Gasteiger partial charge in [0.2, 0.25) is 0 Å². The molecule has 0 aliphatic carbocycles. The maximum absolute atomic E-state index is 11.7. The third-order valence-electron chi connectivity index (χ3n) is 7.29. The van der Waals surface area contributed by atoms with Gasteiger partial charge in [0.05, 0.1) is 5.92 Å². The Labute approximate surface area is 210 Å². The molecule has 34 heavy (non-hydrogen) atoms. The molecule has 3 heteroatoms. The highest BCUT2D eigenvalue weighted by atomic mass is 16.4. The van der Waals surface area contributed by atoms with Crippen LogP contribution in [0.5, 0.6) is 5.75 Å². The number of phenols is 1. The molecule has 196 valence electrons. The van der Waals surface area contributed by atoms with Crippen molar-refractivity contribution in [1.29, 1.82) is 0 Å². The van der Waals surface area contributed by atoms with Crippen LogP contribution in [0.4, 0.5) is 0 Å². The molecule has 0 aliphatic heterocycles. The molecule has 1 aromatic rings. The minimum atomic E-state index is -0.699. The molecule has 0 fully saturated rings. The molecular formula is C31H54O3. The highest BCUT2D eigenvalue weighted by Crippen LogP contribution is 2.26. The maximum Gasteiger partial charge on any atom is 0.306 e. The standard InChI is InChI=1S/C31H54O3/c1-4-5-6-7-8-9-10-11-12-13-14-15-16-17-18-19-20-21-22-29(31(33)34)25-28-23-26(2)30(32)27(3)24-28/h23-24,29,32H,4-22,25H2,1-3H3,(H,33,34). The summed E-state index contributed by atoms with van der Waals surface area (Å²) in [6.07, 6.45) is 25.6. The van der Waals surface area contributed by atoms with E-state index in [1.54, 1.807) is 0 Å². The predicted octanol–water partition coefficient (Wildman–Crippen LogP) is 9.68. The van der Waals surface area contributed by atoms with Crippen molar-refractivity contribution in [2.24, 2.45) is 5.92 Å². The lowest BCUT2D eigenvalue weighted by Crippen LogP contribution is -2.16. The van der Waals surface area contributed by atoms with E-state index in [0.717, 1.165) is 36.0 Å². The van der Waals surface area contributed by atoms with Crippen molar-refractivity contribution < 1.29 is 15.0 Å². The molecule has 1 rings (SSSR count). The molecule has 3 nitrogen and oxygen atoms in total. The number of aliphatic carboxylic acids is 1. The first-order valence-electron chi connectivity index (χ1n) is 14.5. The zero-order valence-corrected chi connectivity index (χ0v) is 22.7. The maximum atomic E-state index is 11.7. The smallest absolute Gasteiger partial charge is 0.306 e. The number of carboxylic acids is 1. The Morgan fingerprint density at radius 1 is 0.676 bits per heavy atom. The fourth-order valence-electron chi connectivity index (χ4n) is 5.05. The van der Waals surface area contributed by atoms with Gasteiger partial charge >= 0.3 is 5.97 Å². The van der Waals surface area contributed by atoms with Crippen LogP contribution in [0.1, 0.15) is 146 Å². The minimum absolute atomic E-state index is 0.319. The number of hydrogen-bond donors (Lipinski definition) is 2. The van der Waals surface area contributed by atoms with E-state index in [9.17, 15) is 15.0 Å². The summed E-state index contributed by atoms with van der Waals surface area (Å²) in [6, 6.07) is 3.85. The number of aryl methyl sites for hydroxylation is 2. The quantitative estimate of drug-likeness (QED) is 0.164. The molecule has 0 heterocycles. The number of aromatic hydroxyl groups is 1. The van der Waals surface area contributed by atoms with Gasteiger partial charge in [-0.1, -0.05) is 135 Å². The highest BCUT2D eigenvalue weighted by molar-refractivity contribution is 5.70. The third-order valence-corrected chi connectivity index (χ3v) is 7.29. The molecule has 1 aromatic carbocycles. The molecule has 1 atom stereocenters. The lowest BCUT2D eigenvalue weighted by Gasteiger charge is -2.14. The number of phenolic OH excluding ortho intramolecular Hbond substituents is 1. The largest absolute Gasteiger partial charge is 0.507 e. The lowest BCUT2D eigenvalue weighted by molar-refractivity contribution is -0.142. The summed E-state index contributed by atoms with van der Waals surface area (Å²) in [5.41, 5.74) is 2.67.